The van der Waals surface area contributed by atoms with Gasteiger partial charge in [0.1, 0.15) is 11.4 Å². The number of rotatable bonds is 3. The van der Waals surface area contributed by atoms with Gasteiger partial charge in [0, 0.05) is 18.0 Å². The Balaban J connectivity index is 1.92. The summed E-state index contributed by atoms with van der Waals surface area (Å²) >= 11 is 0. The van der Waals surface area contributed by atoms with Gasteiger partial charge in [-0.1, -0.05) is 35.9 Å². The lowest BCUT2D eigenvalue weighted by Crippen LogP contribution is -2.01. The zero-order valence-electron chi connectivity index (χ0n) is 13.7. The molecule has 5 heteroatoms. The average molecular weight is 325 g/mol. The molecule has 0 aliphatic heterocycles. The SMILES string of the molecule is Cc1cccc(-c2nc(-c3ccccn3)nc(-c3ccccn3)n2)c1. The lowest BCUT2D eigenvalue weighted by atomic mass is 10.1. The summed E-state index contributed by atoms with van der Waals surface area (Å²) in [6.07, 6.45) is 3.46. The summed E-state index contributed by atoms with van der Waals surface area (Å²) in [4.78, 5) is 22.6. The van der Waals surface area contributed by atoms with Gasteiger partial charge in [-0.3, -0.25) is 9.97 Å². The Bertz CT molecular complexity index is 943. The number of aryl methyl sites for hydroxylation is 1. The predicted molar refractivity (Wildman–Crippen MR) is 96.5 cm³/mol. The molecule has 0 atom stereocenters. The fourth-order valence-corrected chi connectivity index (χ4v) is 2.51. The molecule has 0 unspecified atom stereocenters. The van der Waals surface area contributed by atoms with Crippen LogP contribution in [0.3, 0.4) is 0 Å². The smallest absolute Gasteiger partial charge is 0.182 e. The second-order valence-electron chi connectivity index (χ2n) is 5.61. The lowest BCUT2D eigenvalue weighted by Gasteiger charge is -2.07. The van der Waals surface area contributed by atoms with Crippen molar-refractivity contribution in [3.05, 3.63) is 78.6 Å². The highest BCUT2D eigenvalue weighted by atomic mass is 15.1. The summed E-state index contributed by atoms with van der Waals surface area (Å²) < 4.78 is 0. The quantitative estimate of drug-likeness (QED) is 0.570. The zero-order chi connectivity index (χ0) is 17.1. The second-order valence-corrected chi connectivity index (χ2v) is 5.61. The van der Waals surface area contributed by atoms with Crippen molar-refractivity contribution in [2.45, 2.75) is 6.92 Å². The van der Waals surface area contributed by atoms with Crippen LogP contribution in [0.25, 0.3) is 34.4 Å². The molecular formula is C20H15N5. The van der Waals surface area contributed by atoms with Crippen LogP contribution < -0.4 is 0 Å². The minimum atomic E-state index is 0.535. The van der Waals surface area contributed by atoms with E-state index < -0.39 is 0 Å². The average Bonchev–Trinajstić information content (AvgIpc) is 2.69. The van der Waals surface area contributed by atoms with Crippen molar-refractivity contribution in [2.75, 3.05) is 0 Å². The van der Waals surface area contributed by atoms with E-state index in [1.165, 1.54) is 0 Å². The Morgan fingerprint density at radius 1 is 0.600 bits per heavy atom. The van der Waals surface area contributed by atoms with Crippen molar-refractivity contribution in [2.24, 2.45) is 0 Å². The Labute approximate surface area is 145 Å². The number of benzene rings is 1. The molecule has 0 N–H and O–H groups in total. The van der Waals surface area contributed by atoms with Gasteiger partial charge in [-0.15, -0.1) is 0 Å². The molecule has 0 fully saturated rings. The third-order valence-electron chi connectivity index (χ3n) is 3.70. The normalized spacial score (nSPS) is 10.6. The Kier molecular flexibility index (Phi) is 3.96. The summed E-state index contributed by atoms with van der Waals surface area (Å²) in [5.41, 5.74) is 3.50. The second kappa shape index (κ2) is 6.57. The van der Waals surface area contributed by atoms with Crippen molar-refractivity contribution in [3.63, 3.8) is 0 Å². The molecule has 3 aromatic heterocycles. The number of pyridine rings is 2. The molecule has 0 bridgehead atoms. The Morgan fingerprint density at radius 2 is 1.20 bits per heavy atom. The van der Waals surface area contributed by atoms with Gasteiger partial charge >= 0.3 is 0 Å². The molecule has 25 heavy (non-hydrogen) atoms. The number of nitrogens with zero attached hydrogens (tertiary/aromatic N) is 5. The van der Waals surface area contributed by atoms with Crippen LogP contribution in [0, 0.1) is 6.92 Å². The molecular weight excluding hydrogens is 310 g/mol. The molecule has 0 spiro atoms. The van der Waals surface area contributed by atoms with E-state index >= 15 is 0 Å². The van der Waals surface area contributed by atoms with Crippen molar-refractivity contribution >= 4 is 0 Å². The fraction of sp³-hybridized carbons (Fsp3) is 0.0500. The minimum absolute atomic E-state index is 0.535. The predicted octanol–water partition coefficient (Wildman–Crippen LogP) is 3.97. The first-order valence-corrected chi connectivity index (χ1v) is 7.95. The highest BCUT2D eigenvalue weighted by Crippen LogP contribution is 2.23. The van der Waals surface area contributed by atoms with Crippen LogP contribution in [0.5, 0.6) is 0 Å². The van der Waals surface area contributed by atoms with E-state index in [9.17, 15) is 0 Å². The molecule has 4 aromatic rings. The van der Waals surface area contributed by atoms with Gasteiger partial charge in [0.2, 0.25) is 0 Å². The number of hydrogen-bond donors (Lipinski definition) is 0. The highest BCUT2D eigenvalue weighted by Gasteiger charge is 2.13. The van der Waals surface area contributed by atoms with Crippen LogP contribution in [0.1, 0.15) is 5.56 Å². The highest BCUT2D eigenvalue weighted by molar-refractivity contribution is 5.63. The van der Waals surface area contributed by atoms with E-state index in [1.54, 1.807) is 12.4 Å². The summed E-state index contributed by atoms with van der Waals surface area (Å²) in [6.45, 7) is 2.05. The first-order chi connectivity index (χ1) is 12.3. The molecule has 0 saturated carbocycles. The molecule has 0 radical (unpaired) electrons. The molecule has 3 heterocycles. The molecule has 5 nitrogen and oxygen atoms in total. The van der Waals surface area contributed by atoms with E-state index in [-0.39, 0.29) is 0 Å². The van der Waals surface area contributed by atoms with Crippen LogP contribution in [-0.2, 0) is 0 Å². The van der Waals surface area contributed by atoms with E-state index in [1.807, 2.05) is 61.5 Å². The zero-order valence-corrected chi connectivity index (χ0v) is 13.7. The summed E-state index contributed by atoms with van der Waals surface area (Å²) in [6, 6.07) is 19.4. The lowest BCUT2D eigenvalue weighted by molar-refractivity contribution is 1.05. The van der Waals surface area contributed by atoms with E-state index in [2.05, 4.69) is 31.0 Å². The van der Waals surface area contributed by atoms with E-state index in [4.69, 9.17) is 0 Å². The van der Waals surface area contributed by atoms with Crippen LogP contribution in [0.2, 0.25) is 0 Å². The van der Waals surface area contributed by atoms with Gasteiger partial charge in [-0.05, 0) is 37.3 Å². The van der Waals surface area contributed by atoms with E-state index in [0.717, 1.165) is 11.1 Å². The summed E-state index contributed by atoms with van der Waals surface area (Å²) in [5.74, 6) is 1.68. The topological polar surface area (TPSA) is 64.5 Å². The van der Waals surface area contributed by atoms with Gasteiger partial charge in [0.25, 0.3) is 0 Å². The third-order valence-corrected chi connectivity index (χ3v) is 3.70. The van der Waals surface area contributed by atoms with Gasteiger partial charge in [-0.25, -0.2) is 15.0 Å². The molecule has 0 saturated heterocycles. The largest absolute Gasteiger partial charge is 0.253 e. The summed E-state index contributed by atoms with van der Waals surface area (Å²) in [5, 5.41) is 0. The first kappa shape index (κ1) is 15.1. The van der Waals surface area contributed by atoms with Crippen molar-refractivity contribution in [1.29, 1.82) is 0 Å². The standard InChI is InChI=1S/C20H15N5/c1-14-7-6-8-15(13-14)18-23-19(16-9-2-4-11-21-16)25-20(24-18)17-10-3-5-12-22-17/h2-13H,1H3. The summed E-state index contributed by atoms with van der Waals surface area (Å²) in [7, 11) is 0. The molecule has 0 amide bonds. The monoisotopic (exact) mass is 325 g/mol. The maximum absolute atomic E-state index is 4.63. The van der Waals surface area contributed by atoms with Crippen LogP contribution in [-0.4, -0.2) is 24.9 Å². The maximum atomic E-state index is 4.63. The van der Waals surface area contributed by atoms with Crippen LogP contribution >= 0.6 is 0 Å². The maximum Gasteiger partial charge on any atom is 0.182 e. The van der Waals surface area contributed by atoms with Gasteiger partial charge in [0.15, 0.2) is 17.5 Å². The first-order valence-electron chi connectivity index (χ1n) is 7.95. The van der Waals surface area contributed by atoms with Crippen LogP contribution in [0.15, 0.2) is 73.1 Å². The Morgan fingerprint density at radius 3 is 1.72 bits per heavy atom. The molecule has 120 valence electrons. The fourth-order valence-electron chi connectivity index (χ4n) is 2.51. The minimum Gasteiger partial charge on any atom is -0.253 e. The molecule has 0 aliphatic rings. The molecule has 1 aromatic carbocycles. The molecule has 0 aliphatic carbocycles. The van der Waals surface area contributed by atoms with Gasteiger partial charge in [-0.2, -0.15) is 0 Å². The number of hydrogen-bond acceptors (Lipinski definition) is 5. The van der Waals surface area contributed by atoms with Gasteiger partial charge in [0.05, 0.1) is 0 Å². The number of aromatic nitrogens is 5. The Hall–Kier alpha value is -3.47. The van der Waals surface area contributed by atoms with Crippen LogP contribution in [0.4, 0.5) is 0 Å². The van der Waals surface area contributed by atoms with Crippen molar-refractivity contribution < 1.29 is 0 Å². The third kappa shape index (κ3) is 3.26. The van der Waals surface area contributed by atoms with Crippen molar-refractivity contribution in [1.82, 2.24) is 24.9 Å². The molecule has 4 rings (SSSR count). The van der Waals surface area contributed by atoms with Crippen molar-refractivity contribution in [3.8, 4) is 34.4 Å². The van der Waals surface area contributed by atoms with E-state index in [0.29, 0.717) is 28.9 Å². The van der Waals surface area contributed by atoms with Gasteiger partial charge < -0.3 is 0 Å².